The highest BCUT2D eigenvalue weighted by atomic mass is 16.5. The molecule has 194 valence electrons. The number of ether oxygens (including phenoxy) is 2. The lowest BCUT2D eigenvalue weighted by Crippen LogP contribution is -2.36. The molecule has 0 aliphatic carbocycles. The molecule has 0 saturated carbocycles. The predicted molar refractivity (Wildman–Crippen MR) is 142 cm³/mol. The van der Waals surface area contributed by atoms with Gasteiger partial charge in [-0.25, -0.2) is 0 Å². The Hall–Kier alpha value is -1.43. The molecule has 0 bridgehead atoms. The van der Waals surface area contributed by atoms with E-state index >= 15 is 0 Å². The summed E-state index contributed by atoms with van der Waals surface area (Å²) < 4.78 is 12.1. The summed E-state index contributed by atoms with van der Waals surface area (Å²) >= 11 is 0. The van der Waals surface area contributed by atoms with Crippen LogP contribution in [-0.4, -0.2) is 51.5 Å². The number of hydrogen-bond acceptors (Lipinski definition) is 4. The Morgan fingerprint density at radius 2 is 1.65 bits per heavy atom. The molecule has 1 aromatic carbocycles. The van der Waals surface area contributed by atoms with E-state index in [1.807, 2.05) is 12.1 Å². The maximum absolute atomic E-state index is 12.9. The fourth-order valence-electron chi connectivity index (χ4n) is 4.54. The molecule has 2 rings (SSSR count). The summed E-state index contributed by atoms with van der Waals surface area (Å²) in [6, 6.07) is 8.15. The molecule has 0 radical (unpaired) electrons. The number of unbranched alkanes of at least 4 members (excludes halogenated alkanes) is 8. The molecule has 5 nitrogen and oxygen atoms in total. The largest absolute Gasteiger partial charge is 0.379 e. The number of hydrogen-bond donors (Lipinski definition) is 2. The molecule has 0 spiro atoms. The lowest BCUT2D eigenvalue weighted by atomic mass is 9.89. The van der Waals surface area contributed by atoms with Gasteiger partial charge in [-0.05, 0) is 62.4 Å². The van der Waals surface area contributed by atoms with Crippen molar-refractivity contribution in [2.75, 3.05) is 39.5 Å². The molecule has 1 aromatic rings. The molecule has 1 saturated heterocycles. The van der Waals surface area contributed by atoms with Crippen LogP contribution in [0.2, 0.25) is 0 Å². The summed E-state index contributed by atoms with van der Waals surface area (Å²) in [6.45, 7) is 9.10. The standard InChI is InChI=1S/C29H50N2O3/c1-3-5-7-9-11-20-33-24-28(34-21-12-10-8-6-4-2)23-31-29(32)27-15-13-14-26(22-27)25-16-18-30-19-17-25/h13-15,22,25,28,30H,3-12,16-21,23-24H2,1-2H3,(H,31,32). The minimum atomic E-state index is -0.0987. The van der Waals surface area contributed by atoms with Crippen molar-refractivity contribution < 1.29 is 14.3 Å². The van der Waals surface area contributed by atoms with Crippen LogP contribution >= 0.6 is 0 Å². The number of carbonyl (C=O) groups excluding carboxylic acids is 1. The van der Waals surface area contributed by atoms with Crippen LogP contribution in [-0.2, 0) is 9.47 Å². The van der Waals surface area contributed by atoms with Crippen molar-refractivity contribution in [1.82, 2.24) is 10.6 Å². The number of carbonyl (C=O) groups is 1. The molecule has 0 aromatic heterocycles. The molecular formula is C29H50N2O3. The van der Waals surface area contributed by atoms with E-state index in [2.05, 4.69) is 36.6 Å². The van der Waals surface area contributed by atoms with Gasteiger partial charge < -0.3 is 20.1 Å². The molecule has 1 heterocycles. The quantitative estimate of drug-likeness (QED) is 0.234. The smallest absolute Gasteiger partial charge is 0.251 e. The molecule has 1 aliphatic heterocycles. The lowest BCUT2D eigenvalue weighted by Gasteiger charge is -2.23. The second-order valence-electron chi connectivity index (χ2n) is 9.76. The van der Waals surface area contributed by atoms with E-state index < -0.39 is 0 Å². The monoisotopic (exact) mass is 474 g/mol. The Labute approximate surface area is 208 Å². The van der Waals surface area contributed by atoms with E-state index in [1.165, 1.54) is 56.9 Å². The maximum Gasteiger partial charge on any atom is 0.251 e. The Bertz CT molecular complexity index is 646. The van der Waals surface area contributed by atoms with E-state index in [4.69, 9.17) is 9.47 Å². The van der Waals surface area contributed by atoms with Gasteiger partial charge >= 0.3 is 0 Å². The van der Waals surface area contributed by atoms with Crippen LogP contribution in [0.15, 0.2) is 24.3 Å². The molecule has 5 heteroatoms. The summed E-state index contributed by atoms with van der Waals surface area (Å²) in [5, 5.41) is 6.52. The van der Waals surface area contributed by atoms with Crippen molar-refractivity contribution in [2.45, 2.75) is 103 Å². The van der Waals surface area contributed by atoms with Gasteiger partial charge in [-0.3, -0.25) is 4.79 Å². The van der Waals surface area contributed by atoms with Crippen LogP contribution in [0.3, 0.4) is 0 Å². The van der Waals surface area contributed by atoms with Crippen molar-refractivity contribution in [1.29, 1.82) is 0 Å². The van der Waals surface area contributed by atoms with Gasteiger partial charge in [0.25, 0.3) is 5.91 Å². The van der Waals surface area contributed by atoms with Crippen molar-refractivity contribution in [3.05, 3.63) is 35.4 Å². The third-order valence-electron chi connectivity index (χ3n) is 6.75. The van der Waals surface area contributed by atoms with Crippen LogP contribution in [0, 0.1) is 0 Å². The summed E-state index contributed by atoms with van der Waals surface area (Å²) in [7, 11) is 0. The SMILES string of the molecule is CCCCCCCOCC(CNC(=O)c1cccc(C2CCNCC2)c1)OCCCCCCC. The van der Waals surface area contributed by atoms with E-state index in [0.717, 1.165) is 57.6 Å². The van der Waals surface area contributed by atoms with E-state index in [0.29, 0.717) is 19.1 Å². The molecular weight excluding hydrogens is 424 g/mol. The number of benzene rings is 1. The van der Waals surface area contributed by atoms with Crippen molar-refractivity contribution in [3.8, 4) is 0 Å². The lowest BCUT2D eigenvalue weighted by molar-refractivity contribution is -0.0170. The second-order valence-corrected chi connectivity index (χ2v) is 9.76. The predicted octanol–water partition coefficient (Wildman–Crippen LogP) is 6.23. The summed E-state index contributed by atoms with van der Waals surface area (Å²) in [5.41, 5.74) is 2.02. The van der Waals surface area contributed by atoms with Gasteiger partial charge in [0.2, 0.25) is 0 Å². The zero-order valence-electron chi connectivity index (χ0n) is 21.9. The average Bonchev–Trinajstić information content (AvgIpc) is 2.88. The molecule has 1 amide bonds. The van der Waals surface area contributed by atoms with Gasteiger partial charge in [-0.1, -0.05) is 77.3 Å². The van der Waals surface area contributed by atoms with Crippen LogP contribution in [0.4, 0.5) is 0 Å². The summed E-state index contributed by atoms with van der Waals surface area (Å²) in [5.74, 6) is 0.524. The first-order valence-corrected chi connectivity index (χ1v) is 14.0. The topological polar surface area (TPSA) is 59.6 Å². The molecule has 1 aliphatic rings. The summed E-state index contributed by atoms with van der Waals surface area (Å²) in [4.78, 5) is 12.9. The van der Waals surface area contributed by atoms with Crippen LogP contribution in [0.1, 0.15) is 113 Å². The number of amides is 1. The third-order valence-corrected chi connectivity index (χ3v) is 6.75. The Morgan fingerprint density at radius 1 is 0.971 bits per heavy atom. The van der Waals surface area contributed by atoms with E-state index in [1.54, 1.807) is 0 Å². The molecule has 1 unspecified atom stereocenters. The van der Waals surface area contributed by atoms with Crippen molar-refractivity contribution >= 4 is 5.91 Å². The Balaban J connectivity index is 1.78. The van der Waals surface area contributed by atoms with Crippen LogP contribution in [0.25, 0.3) is 0 Å². The van der Waals surface area contributed by atoms with Gasteiger partial charge in [-0.15, -0.1) is 0 Å². The minimum absolute atomic E-state index is 0.0214. The molecule has 34 heavy (non-hydrogen) atoms. The normalized spacial score (nSPS) is 15.4. The molecule has 1 fully saturated rings. The number of rotatable bonds is 19. The Morgan fingerprint density at radius 3 is 2.35 bits per heavy atom. The summed E-state index contributed by atoms with van der Waals surface area (Å²) in [6.07, 6.45) is 14.4. The van der Waals surface area contributed by atoms with E-state index in [9.17, 15) is 4.79 Å². The van der Waals surface area contributed by atoms with Gasteiger partial charge in [0.1, 0.15) is 0 Å². The van der Waals surface area contributed by atoms with Crippen molar-refractivity contribution in [2.24, 2.45) is 0 Å². The van der Waals surface area contributed by atoms with Gasteiger partial charge in [0.15, 0.2) is 0 Å². The van der Waals surface area contributed by atoms with Crippen molar-refractivity contribution in [3.63, 3.8) is 0 Å². The first kappa shape index (κ1) is 28.8. The highest BCUT2D eigenvalue weighted by molar-refractivity contribution is 5.94. The maximum atomic E-state index is 12.9. The van der Waals surface area contributed by atoms with E-state index in [-0.39, 0.29) is 12.0 Å². The highest BCUT2D eigenvalue weighted by Crippen LogP contribution is 2.25. The average molecular weight is 475 g/mol. The zero-order valence-corrected chi connectivity index (χ0v) is 21.9. The first-order chi connectivity index (χ1) is 16.7. The molecule has 1 atom stereocenters. The first-order valence-electron chi connectivity index (χ1n) is 14.0. The molecule has 2 N–H and O–H groups in total. The fraction of sp³-hybridized carbons (Fsp3) is 0.759. The van der Waals surface area contributed by atoms with Gasteiger partial charge in [0, 0.05) is 25.3 Å². The number of piperidine rings is 1. The number of nitrogens with one attached hydrogen (secondary N) is 2. The third kappa shape index (κ3) is 12.3. The fourth-order valence-corrected chi connectivity index (χ4v) is 4.54. The Kier molecular flexibility index (Phi) is 16.0. The zero-order chi connectivity index (χ0) is 24.3. The highest BCUT2D eigenvalue weighted by Gasteiger charge is 2.17. The van der Waals surface area contributed by atoms with Gasteiger partial charge in [0.05, 0.1) is 12.7 Å². The minimum Gasteiger partial charge on any atom is -0.379 e. The second kappa shape index (κ2) is 18.8. The van der Waals surface area contributed by atoms with Crippen LogP contribution in [0.5, 0.6) is 0 Å². The van der Waals surface area contributed by atoms with Crippen LogP contribution < -0.4 is 10.6 Å². The van der Waals surface area contributed by atoms with Gasteiger partial charge in [-0.2, -0.15) is 0 Å².